The molecule has 0 bridgehead atoms. The van der Waals surface area contributed by atoms with Crippen LogP contribution in [0, 0.1) is 6.92 Å². The minimum Gasteiger partial charge on any atom is -0.504 e. The first-order chi connectivity index (χ1) is 9.13. The molecule has 0 aliphatic heterocycles. The topological polar surface area (TPSA) is 40.5 Å². The molecule has 97 valence electrons. The maximum atomic E-state index is 9.57. The number of phenols is 2. The number of phenolic OH excluding ortho intramolecular Hbond substituents is 2. The van der Waals surface area contributed by atoms with Gasteiger partial charge in [-0.3, -0.25) is 0 Å². The average molecular weight is 253 g/mol. The van der Waals surface area contributed by atoms with Crippen LogP contribution in [0.4, 0.5) is 0 Å². The molecule has 0 aliphatic carbocycles. The molecule has 0 heterocycles. The van der Waals surface area contributed by atoms with Crippen LogP contribution in [-0.4, -0.2) is 10.2 Å². The van der Waals surface area contributed by atoms with E-state index >= 15 is 0 Å². The Morgan fingerprint density at radius 1 is 0.895 bits per heavy atom. The Morgan fingerprint density at radius 3 is 2.16 bits per heavy atom. The first-order valence-corrected chi connectivity index (χ1v) is 6.16. The summed E-state index contributed by atoms with van der Waals surface area (Å²) >= 11 is 0. The van der Waals surface area contributed by atoms with Crippen LogP contribution in [0.1, 0.15) is 23.0 Å². The molecule has 0 fully saturated rings. The van der Waals surface area contributed by atoms with Crippen molar-refractivity contribution < 1.29 is 10.2 Å². The van der Waals surface area contributed by atoms with Gasteiger partial charge in [-0.2, -0.15) is 0 Å². The van der Waals surface area contributed by atoms with Crippen molar-refractivity contribution in [2.75, 3.05) is 0 Å². The predicted molar refractivity (Wildman–Crippen MR) is 77.2 cm³/mol. The Morgan fingerprint density at radius 2 is 1.58 bits per heavy atom. The first-order valence-electron chi connectivity index (χ1n) is 6.16. The molecule has 2 rings (SSSR count). The summed E-state index contributed by atoms with van der Waals surface area (Å²) in [6.07, 6.45) is 1.86. The fourth-order valence-corrected chi connectivity index (χ4v) is 2.19. The van der Waals surface area contributed by atoms with Crippen LogP contribution in [-0.2, 0) is 0 Å². The quantitative estimate of drug-likeness (QED) is 0.639. The van der Waals surface area contributed by atoms with E-state index in [1.54, 1.807) is 12.1 Å². The molecule has 0 amide bonds. The zero-order valence-electron chi connectivity index (χ0n) is 10.7. The van der Waals surface area contributed by atoms with E-state index in [9.17, 15) is 10.2 Å². The van der Waals surface area contributed by atoms with Gasteiger partial charge in [-0.1, -0.05) is 42.5 Å². The van der Waals surface area contributed by atoms with Gasteiger partial charge >= 0.3 is 0 Å². The molecule has 2 aromatic rings. The minimum absolute atomic E-state index is 0.0603. The molecule has 2 heteroatoms. The Hall–Kier alpha value is -2.22. The van der Waals surface area contributed by atoms with Crippen molar-refractivity contribution in [2.24, 2.45) is 0 Å². The molecule has 2 unspecified atom stereocenters. The van der Waals surface area contributed by atoms with Crippen molar-refractivity contribution in [3.05, 3.63) is 79.2 Å². The van der Waals surface area contributed by atoms with Gasteiger partial charge < -0.3 is 10.2 Å². The van der Waals surface area contributed by atoms with E-state index in [2.05, 4.69) is 13.5 Å². The van der Waals surface area contributed by atoms with Crippen LogP contribution in [0.2, 0.25) is 0 Å². The molecule has 2 atom stereocenters. The van der Waals surface area contributed by atoms with Crippen LogP contribution in [0.3, 0.4) is 0 Å². The highest BCUT2D eigenvalue weighted by atomic mass is 16.3. The Bertz CT molecular complexity index is 561. The van der Waals surface area contributed by atoms with Crippen LogP contribution >= 0.6 is 0 Å². The van der Waals surface area contributed by atoms with E-state index in [1.807, 2.05) is 36.4 Å². The van der Waals surface area contributed by atoms with Crippen molar-refractivity contribution in [2.45, 2.75) is 11.8 Å². The molecule has 0 spiro atoms. The van der Waals surface area contributed by atoms with Gasteiger partial charge in [0.2, 0.25) is 0 Å². The molecule has 0 aliphatic rings. The average Bonchev–Trinajstić information content (AvgIpc) is 2.44. The van der Waals surface area contributed by atoms with E-state index in [0.717, 1.165) is 11.1 Å². The number of rotatable bonds is 4. The summed E-state index contributed by atoms with van der Waals surface area (Å²) in [5.74, 6) is -0.260. The van der Waals surface area contributed by atoms with E-state index in [1.165, 1.54) is 6.07 Å². The third-order valence-electron chi connectivity index (χ3n) is 3.30. The second-order valence-corrected chi connectivity index (χ2v) is 4.53. The lowest BCUT2D eigenvalue weighted by Crippen LogP contribution is -2.06. The Kier molecular flexibility index (Phi) is 3.91. The predicted octanol–water partition coefficient (Wildman–Crippen LogP) is 3.99. The lowest BCUT2D eigenvalue weighted by Gasteiger charge is -2.21. The van der Waals surface area contributed by atoms with E-state index in [4.69, 9.17) is 0 Å². The summed E-state index contributed by atoms with van der Waals surface area (Å²) < 4.78 is 0. The highest BCUT2D eigenvalue weighted by Gasteiger charge is 2.18. The highest BCUT2D eigenvalue weighted by Crippen LogP contribution is 2.36. The maximum Gasteiger partial charge on any atom is 0.157 e. The van der Waals surface area contributed by atoms with E-state index in [-0.39, 0.29) is 23.3 Å². The van der Waals surface area contributed by atoms with E-state index < -0.39 is 0 Å². The number of hydrogen-bond donors (Lipinski definition) is 2. The number of hydrogen-bond acceptors (Lipinski definition) is 2. The second kappa shape index (κ2) is 5.61. The number of allylic oxidation sites excluding steroid dienone is 1. The van der Waals surface area contributed by atoms with Crippen molar-refractivity contribution in [1.29, 1.82) is 0 Å². The zero-order valence-corrected chi connectivity index (χ0v) is 10.7. The second-order valence-electron chi connectivity index (χ2n) is 4.53. The van der Waals surface area contributed by atoms with Gasteiger partial charge in [-0.05, 0) is 36.1 Å². The van der Waals surface area contributed by atoms with Gasteiger partial charge in [0.25, 0.3) is 0 Å². The Balaban J connectivity index is 2.33. The zero-order chi connectivity index (χ0) is 13.8. The van der Waals surface area contributed by atoms with Crippen LogP contribution in [0.25, 0.3) is 0 Å². The Labute approximate surface area is 113 Å². The van der Waals surface area contributed by atoms with Crippen molar-refractivity contribution in [3.63, 3.8) is 0 Å². The van der Waals surface area contributed by atoms with E-state index in [0.29, 0.717) is 0 Å². The molecule has 0 saturated heterocycles. The summed E-state index contributed by atoms with van der Waals surface area (Å²) in [5.41, 5.74) is 1.99. The van der Waals surface area contributed by atoms with Crippen LogP contribution < -0.4 is 0 Å². The summed E-state index contributed by atoms with van der Waals surface area (Å²) in [5, 5.41) is 18.9. The molecule has 0 aromatic heterocycles. The van der Waals surface area contributed by atoms with Gasteiger partial charge in [0, 0.05) is 5.92 Å². The molecular formula is C17H17O2. The van der Waals surface area contributed by atoms with Crippen LogP contribution in [0.15, 0.2) is 61.2 Å². The fourth-order valence-electron chi connectivity index (χ4n) is 2.19. The van der Waals surface area contributed by atoms with Gasteiger partial charge in [0.1, 0.15) is 0 Å². The molecule has 2 N–H and O–H groups in total. The van der Waals surface area contributed by atoms with Gasteiger partial charge in [-0.25, -0.2) is 0 Å². The van der Waals surface area contributed by atoms with Crippen molar-refractivity contribution in [3.8, 4) is 11.5 Å². The largest absolute Gasteiger partial charge is 0.504 e. The molecular weight excluding hydrogens is 236 g/mol. The third kappa shape index (κ3) is 2.79. The minimum atomic E-state index is -0.123. The molecule has 19 heavy (non-hydrogen) atoms. The highest BCUT2D eigenvalue weighted by molar-refractivity contribution is 5.43. The lowest BCUT2D eigenvalue weighted by atomic mass is 9.83. The fraction of sp³-hybridized carbons (Fsp3) is 0.118. The molecule has 2 aromatic carbocycles. The van der Waals surface area contributed by atoms with Gasteiger partial charge in [0.05, 0.1) is 0 Å². The van der Waals surface area contributed by atoms with Crippen LogP contribution in [0.5, 0.6) is 11.5 Å². The standard InChI is InChI=1S/C17H17O2/c1-3-15(13-7-5-4-6-8-13)12(2)14-9-10-16(18)17(19)11-14/h3-12,15,18-19H,1-2H2. The normalized spacial score (nSPS) is 13.7. The summed E-state index contributed by atoms with van der Waals surface area (Å²) in [6, 6.07) is 14.8. The van der Waals surface area contributed by atoms with Crippen molar-refractivity contribution in [1.82, 2.24) is 0 Å². The summed E-state index contributed by atoms with van der Waals surface area (Å²) in [7, 11) is 0. The molecule has 0 saturated carbocycles. The monoisotopic (exact) mass is 253 g/mol. The maximum absolute atomic E-state index is 9.57. The summed E-state index contributed by atoms with van der Waals surface area (Å²) in [6.45, 7) is 8.03. The number of benzene rings is 2. The SMILES string of the molecule is [CH2]C(c1ccc(O)c(O)c1)C(C=C)c1ccccc1. The lowest BCUT2D eigenvalue weighted by molar-refractivity contribution is 0.403. The third-order valence-corrected chi connectivity index (χ3v) is 3.30. The first kappa shape index (κ1) is 13.2. The number of aromatic hydroxyl groups is 2. The van der Waals surface area contributed by atoms with Crippen molar-refractivity contribution >= 4 is 0 Å². The van der Waals surface area contributed by atoms with Gasteiger partial charge in [0.15, 0.2) is 11.5 Å². The van der Waals surface area contributed by atoms with Gasteiger partial charge in [-0.15, -0.1) is 6.58 Å². The summed E-state index contributed by atoms with van der Waals surface area (Å²) in [4.78, 5) is 0. The molecule has 1 radical (unpaired) electrons. The smallest absolute Gasteiger partial charge is 0.157 e. The molecule has 2 nitrogen and oxygen atoms in total.